The third kappa shape index (κ3) is 5.15. The number of alkyl halides is 1. The fourth-order valence-electron chi connectivity index (χ4n) is 2.57. The summed E-state index contributed by atoms with van der Waals surface area (Å²) in [4.78, 5) is 14.9. The molecule has 1 heterocycles. The van der Waals surface area contributed by atoms with Gasteiger partial charge in [0.05, 0.1) is 12.1 Å². The summed E-state index contributed by atoms with van der Waals surface area (Å²) < 4.78 is 22.8. The van der Waals surface area contributed by atoms with Gasteiger partial charge in [0.2, 0.25) is 5.82 Å². The second-order valence-corrected chi connectivity index (χ2v) is 5.98. The topological polar surface area (TPSA) is 121 Å². The third-order valence-corrected chi connectivity index (χ3v) is 3.93. The number of aliphatic carboxylic acids is 1. The van der Waals surface area contributed by atoms with E-state index in [9.17, 15) is 14.4 Å². The summed E-state index contributed by atoms with van der Waals surface area (Å²) in [6, 6.07) is 14.1. The molecule has 0 radical (unpaired) electrons. The van der Waals surface area contributed by atoms with E-state index in [2.05, 4.69) is 15.5 Å². The number of nitrogens with one attached hydrogen (secondary N) is 1. The molecule has 0 spiro atoms. The van der Waals surface area contributed by atoms with Gasteiger partial charge in [-0.1, -0.05) is 29.4 Å². The summed E-state index contributed by atoms with van der Waals surface area (Å²) >= 11 is 0. The lowest BCUT2D eigenvalue weighted by atomic mass is 10.1. The molecule has 0 bridgehead atoms. The molecule has 0 atom stereocenters. The maximum absolute atomic E-state index is 12.3. The van der Waals surface area contributed by atoms with E-state index in [-0.39, 0.29) is 24.6 Å². The molecule has 3 rings (SSSR count). The molecule has 2 N–H and O–H groups in total. The quantitative estimate of drug-likeness (QED) is 0.566. The Labute approximate surface area is 165 Å². The number of benzene rings is 2. The van der Waals surface area contributed by atoms with Crippen molar-refractivity contribution in [3.8, 4) is 34.7 Å². The van der Waals surface area contributed by atoms with Gasteiger partial charge >= 0.3 is 5.97 Å². The average Bonchev–Trinajstić information content (AvgIpc) is 3.22. The highest BCUT2D eigenvalue weighted by atomic mass is 19.1. The van der Waals surface area contributed by atoms with Crippen LogP contribution in [0.3, 0.4) is 0 Å². The minimum Gasteiger partial charge on any atom is -0.489 e. The van der Waals surface area contributed by atoms with E-state index in [1.165, 1.54) is 0 Å². The van der Waals surface area contributed by atoms with E-state index in [0.29, 0.717) is 23.7 Å². The van der Waals surface area contributed by atoms with Crippen LogP contribution in [0.1, 0.15) is 11.1 Å². The van der Waals surface area contributed by atoms with Gasteiger partial charge in [0.25, 0.3) is 5.89 Å². The number of hydrogen-bond donors (Lipinski definition) is 2. The first kappa shape index (κ1) is 20.0. The Hall–Kier alpha value is -3.77. The number of hydrogen-bond acceptors (Lipinski definition) is 7. The highest BCUT2D eigenvalue weighted by Crippen LogP contribution is 2.27. The molecule has 0 aliphatic carbocycles. The number of halogens is 1. The Morgan fingerprint density at radius 3 is 2.69 bits per heavy atom. The van der Waals surface area contributed by atoms with Crippen molar-refractivity contribution in [3.05, 3.63) is 53.6 Å². The number of nitrogens with zero attached hydrogens (tertiary/aromatic N) is 3. The van der Waals surface area contributed by atoms with E-state index < -0.39 is 12.6 Å². The normalized spacial score (nSPS) is 10.5. The summed E-state index contributed by atoms with van der Waals surface area (Å²) in [6.45, 7) is -0.454. The fraction of sp³-hybridized carbons (Fsp3) is 0.200. The molecule has 1 aromatic heterocycles. The van der Waals surface area contributed by atoms with Crippen LogP contribution in [0.2, 0.25) is 0 Å². The van der Waals surface area contributed by atoms with Crippen molar-refractivity contribution >= 4 is 5.97 Å². The van der Waals surface area contributed by atoms with Gasteiger partial charge in [-0.2, -0.15) is 10.2 Å². The van der Waals surface area contributed by atoms with Crippen LogP contribution < -0.4 is 10.1 Å². The Morgan fingerprint density at radius 1 is 1.24 bits per heavy atom. The highest BCUT2D eigenvalue weighted by Gasteiger charge is 2.13. The van der Waals surface area contributed by atoms with Crippen molar-refractivity contribution in [1.82, 2.24) is 15.5 Å². The van der Waals surface area contributed by atoms with Gasteiger partial charge in [-0.15, -0.1) is 0 Å². The first-order valence-electron chi connectivity index (χ1n) is 8.69. The Bertz CT molecular complexity index is 1030. The van der Waals surface area contributed by atoms with Crippen LogP contribution in [0.15, 0.2) is 47.0 Å². The fourth-order valence-corrected chi connectivity index (χ4v) is 2.57. The van der Waals surface area contributed by atoms with Gasteiger partial charge in [-0.05, 0) is 23.8 Å². The predicted molar refractivity (Wildman–Crippen MR) is 101 cm³/mol. The maximum Gasteiger partial charge on any atom is 0.317 e. The zero-order valence-corrected chi connectivity index (χ0v) is 15.3. The highest BCUT2D eigenvalue weighted by molar-refractivity contribution is 5.69. The molecule has 0 saturated carbocycles. The Morgan fingerprint density at radius 2 is 2.00 bits per heavy atom. The smallest absolute Gasteiger partial charge is 0.317 e. The molecule has 3 aromatic rings. The van der Waals surface area contributed by atoms with Crippen LogP contribution >= 0.6 is 0 Å². The SMILES string of the molecule is N#Cc1cc(-c2nc(-c3ccc(CNCC(=O)O)cc3)no2)ccc1OCCF. The summed E-state index contributed by atoms with van der Waals surface area (Å²) in [5.41, 5.74) is 2.43. The Balaban J connectivity index is 1.73. The summed E-state index contributed by atoms with van der Waals surface area (Å²) in [6.07, 6.45) is 0. The molecule has 148 valence electrons. The van der Waals surface area contributed by atoms with Crippen LogP contribution in [0.4, 0.5) is 4.39 Å². The van der Waals surface area contributed by atoms with Crippen molar-refractivity contribution in [2.24, 2.45) is 0 Å². The number of carbonyl (C=O) groups is 1. The van der Waals surface area contributed by atoms with Crippen LogP contribution in [0.5, 0.6) is 5.75 Å². The van der Waals surface area contributed by atoms with Crippen molar-refractivity contribution in [2.75, 3.05) is 19.8 Å². The molecular formula is C20H17FN4O4. The standard InChI is InChI=1S/C20H17FN4O4/c21-7-8-28-17-6-5-15(9-16(17)10-22)20-24-19(25-29-20)14-3-1-13(2-4-14)11-23-12-18(26)27/h1-6,9,23H,7-8,11-12H2,(H,26,27). The minimum atomic E-state index is -0.914. The second kappa shape index (κ2) is 9.43. The van der Waals surface area contributed by atoms with Crippen LogP contribution in [-0.4, -0.2) is 41.0 Å². The number of nitriles is 1. The summed E-state index contributed by atoms with van der Waals surface area (Å²) in [5, 5.41) is 24.7. The molecule has 8 nitrogen and oxygen atoms in total. The number of ether oxygens (including phenoxy) is 1. The molecule has 0 aliphatic rings. The lowest BCUT2D eigenvalue weighted by Gasteiger charge is -2.06. The maximum atomic E-state index is 12.3. The van der Waals surface area contributed by atoms with Gasteiger partial charge in [0.15, 0.2) is 0 Å². The van der Waals surface area contributed by atoms with E-state index in [1.54, 1.807) is 30.3 Å². The molecule has 0 saturated heterocycles. The summed E-state index contributed by atoms with van der Waals surface area (Å²) in [5.74, 6) is -0.00898. The van der Waals surface area contributed by atoms with Gasteiger partial charge in [0.1, 0.15) is 25.1 Å². The molecule has 0 unspecified atom stereocenters. The van der Waals surface area contributed by atoms with E-state index in [0.717, 1.165) is 11.1 Å². The van der Waals surface area contributed by atoms with Gasteiger partial charge in [-0.3, -0.25) is 4.79 Å². The number of rotatable bonds is 9. The monoisotopic (exact) mass is 396 g/mol. The predicted octanol–water partition coefficient (Wildman–Crippen LogP) is 2.80. The van der Waals surface area contributed by atoms with Crippen molar-refractivity contribution in [3.63, 3.8) is 0 Å². The van der Waals surface area contributed by atoms with E-state index >= 15 is 0 Å². The lowest BCUT2D eigenvalue weighted by molar-refractivity contribution is -0.135. The van der Waals surface area contributed by atoms with Crippen molar-refractivity contribution in [2.45, 2.75) is 6.54 Å². The van der Waals surface area contributed by atoms with Crippen molar-refractivity contribution < 1.29 is 23.6 Å². The molecule has 9 heteroatoms. The number of carboxylic acids is 1. The third-order valence-electron chi connectivity index (χ3n) is 3.93. The van der Waals surface area contributed by atoms with Crippen molar-refractivity contribution in [1.29, 1.82) is 5.26 Å². The number of carboxylic acid groups (broad SMARTS) is 1. The van der Waals surface area contributed by atoms with Crippen LogP contribution in [-0.2, 0) is 11.3 Å². The van der Waals surface area contributed by atoms with Gasteiger partial charge in [-0.25, -0.2) is 4.39 Å². The number of aromatic nitrogens is 2. The first-order valence-corrected chi connectivity index (χ1v) is 8.69. The van der Waals surface area contributed by atoms with Gasteiger partial charge in [0, 0.05) is 17.7 Å². The molecule has 29 heavy (non-hydrogen) atoms. The zero-order chi connectivity index (χ0) is 20.6. The summed E-state index contributed by atoms with van der Waals surface area (Å²) in [7, 11) is 0. The molecule has 0 aliphatic heterocycles. The van der Waals surface area contributed by atoms with Crippen LogP contribution in [0, 0.1) is 11.3 Å². The van der Waals surface area contributed by atoms with Gasteiger partial charge < -0.3 is 19.7 Å². The first-order chi connectivity index (χ1) is 14.1. The van der Waals surface area contributed by atoms with E-state index in [1.807, 2.05) is 18.2 Å². The zero-order valence-electron chi connectivity index (χ0n) is 15.3. The lowest BCUT2D eigenvalue weighted by Crippen LogP contribution is -2.21. The minimum absolute atomic E-state index is 0.113. The molecule has 0 amide bonds. The average molecular weight is 396 g/mol. The Kier molecular flexibility index (Phi) is 6.50. The second-order valence-electron chi connectivity index (χ2n) is 5.98. The molecule has 0 fully saturated rings. The molecular weight excluding hydrogens is 379 g/mol. The molecule has 2 aromatic carbocycles. The van der Waals surface area contributed by atoms with Crippen LogP contribution in [0.25, 0.3) is 22.8 Å². The largest absolute Gasteiger partial charge is 0.489 e. The van der Waals surface area contributed by atoms with E-state index in [4.69, 9.17) is 14.4 Å².